The van der Waals surface area contributed by atoms with E-state index in [0.29, 0.717) is 0 Å². The molecule has 14 heavy (non-hydrogen) atoms. The molecular formula is C10H12BrNOS. The highest BCUT2D eigenvalue weighted by Crippen LogP contribution is 2.26. The van der Waals surface area contributed by atoms with E-state index in [1.165, 1.54) is 0 Å². The zero-order chi connectivity index (χ0) is 10.2. The minimum atomic E-state index is -1.87. The molecule has 4 heteroatoms. The first-order chi connectivity index (χ1) is 6.59. The maximum Gasteiger partial charge on any atom is 0.0760 e. The fourth-order valence-electron chi connectivity index (χ4n) is 1.38. The van der Waals surface area contributed by atoms with Crippen molar-refractivity contribution in [2.45, 2.75) is 13.3 Å². The van der Waals surface area contributed by atoms with Crippen LogP contribution in [0.1, 0.15) is 12.0 Å². The molecule has 0 spiro atoms. The van der Waals surface area contributed by atoms with Crippen LogP contribution in [-0.2, 0) is 9.73 Å². The van der Waals surface area contributed by atoms with Gasteiger partial charge in [0.25, 0.3) is 0 Å². The lowest BCUT2D eigenvalue weighted by molar-refractivity contribution is 0.663. The summed E-state index contributed by atoms with van der Waals surface area (Å²) in [6, 6.07) is 5.86. The highest BCUT2D eigenvalue weighted by Gasteiger charge is 2.19. The molecule has 0 unspecified atom stereocenters. The normalized spacial score (nSPS) is 18.7. The van der Waals surface area contributed by atoms with Crippen molar-refractivity contribution < 1.29 is 4.21 Å². The number of hydrogen-bond donors (Lipinski definition) is 0. The van der Waals surface area contributed by atoms with Crippen LogP contribution in [0.15, 0.2) is 27.0 Å². The minimum Gasteiger partial charge on any atom is -0.249 e. The molecule has 0 N–H and O–H groups in total. The van der Waals surface area contributed by atoms with Gasteiger partial charge in [-0.15, -0.1) is 0 Å². The van der Waals surface area contributed by atoms with Gasteiger partial charge in [0.15, 0.2) is 0 Å². The Bertz CT molecular complexity index is 465. The third-order valence-corrected chi connectivity index (χ3v) is 5.23. The Morgan fingerprint density at radius 2 is 2.14 bits per heavy atom. The Kier molecular flexibility index (Phi) is 2.66. The van der Waals surface area contributed by atoms with Crippen LogP contribution < -0.4 is 0 Å². The SMILES string of the molecule is Cc1cc(Br)ccc1N=S1(=O)CCC1. The van der Waals surface area contributed by atoms with E-state index in [0.717, 1.165) is 33.7 Å². The second kappa shape index (κ2) is 3.66. The summed E-state index contributed by atoms with van der Waals surface area (Å²) in [6.45, 7) is 1.99. The Balaban J connectivity index is 2.43. The summed E-state index contributed by atoms with van der Waals surface area (Å²) in [5.74, 6) is 1.53. The van der Waals surface area contributed by atoms with Crippen molar-refractivity contribution in [3.63, 3.8) is 0 Å². The first-order valence-electron chi connectivity index (χ1n) is 4.58. The van der Waals surface area contributed by atoms with E-state index in [1.807, 2.05) is 25.1 Å². The average Bonchev–Trinajstić information content (AvgIpc) is 2.07. The minimum absolute atomic E-state index is 0.766. The highest BCUT2D eigenvalue weighted by molar-refractivity contribution is 9.10. The molecule has 0 atom stereocenters. The van der Waals surface area contributed by atoms with Gasteiger partial charge in [0.05, 0.1) is 15.4 Å². The van der Waals surface area contributed by atoms with Crippen LogP contribution in [0, 0.1) is 6.92 Å². The van der Waals surface area contributed by atoms with Gasteiger partial charge < -0.3 is 0 Å². The first-order valence-corrected chi connectivity index (χ1v) is 7.22. The van der Waals surface area contributed by atoms with Gasteiger partial charge in [-0.2, -0.15) is 4.36 Å². The summed E-state index contributed by atoms with van der Waals surface area (Å²) in [5.41, 5.74) is 1.95. The maximum atomic E-state index is 11.9. The molecule has 76 valence electrons. The Hall–Kier alpha value is -0.350. The van der Waals surface area contributed by atoms with Crippen molar-refractivity contribution in [2.24, 2.45) is 4.36 Å². The fraction of sp³-hybridized carbons (Fsp3) is 0.400. The van der Waals surface area contributed by atoms with Crippen molar-refractivity contribution in [2.75, 3.05) is 11.5 Å². The Morgan fingerprint density at radius 1 is 1.43 bits per heavy atom. The zero-order valence-corrected chi connectivity index (χ0v) is 10.4. The van der Waals surface area contributed by atoms with Crippen molar-refractivity contribution in [3.8, 4) is 0 Å². The average molecular weight is 274 g/mol. The van der Waals surface area contributed by atoms with E-state index in [-0.39, 0.29) is 0 Å². The molecule has 0 bridgehead atoms. The van der Waals surface area contributed by atoms with Crippen molar-refractivity contribution >= 4 is 31.3 Å². The summed E-state index contributed by atoms with van der Waals surface area (Å²) in [5, 5.41) is 0. The van der Waals surface area contributed by atoms with Crippen molar-refractivity contribution in [1.82, 2.24) is 0 Å². The van der Waals surface area contributed by atoms with Gasteiger partial charge in [0, 0.05) is 16.0 Å². The molecule has 2 nitrogen and oxygen atoms in total. The van der Waals surface area contributed by atoms with Crippen molar-refractivity contribution in [1.29, 1.82) is 0 Å². The van der Waals surface area contributed by atoms with Gasteiger partial charge in [-0.05, 0) is 37.1 Å². The Labute approximate surface area is 93.0 Å². The molecule has 1 aromatic rings. The maximum absolute atomic E-state index is 11.9. The summed E-state index contributed by atoms with van der Waals surface area (Å²) < 4.78 is 17.3. The van der Waals surface area contributed by atoms with Crippen molar-refractivity contribution in [3.05, 3.63) is 28.2 Å². The standard InChI is InChI=1S/C10H12BrNOS/c1-8-7-9(11)3-4-10(8)12-14(13)5-2-6-14/h3-4,7H,2,5-6H2,1H3. The molecule has 1 heterocycles. The fourth-order valence-corrected chi connectivity index (χ4v) is 3.39. The summed E-state index contributed by atoms with van der Waals surface area (Å²) in [4.78, 5) is 0. The van der Waals surface area contributed by atoms with Gasteiger partial charge in [0.1, 0.15) is 0 Å². The molecule has 0 aromatic heterocycles. The van der Waals surface area contributed by atoms with Gasteiger partial charge in [-0.1, -0.05) is 15.9 Å². The predicted octanol–water partition coefficient (Wildman–Crippen LogP) is 3.26. The molecule has 0 aliphatic carbocycles. The van der Waals surface area contributed by atoms with Crippen LogP contribution in [-0.4, -0.2) is 15.7 Å². The van der Waals surface area contributed by atoms with Gasteiger partial charge >= 0.3 is 0 Å². The second-order valence-corrected chi connectivity index (χ2v) is 7.02. The van der Waals surface area contributed by atoms with Gasteiger partial charge in [-0.25, -0.2) is 4.21 Å². The zero-order valence-electron chi connectivity index (χ0n) is 8.00. The van der Waals surface area contributed by atoms with Crippen LogP contribution >= 0.6 is 15.9 Å². The van der Waals surface area contributed by atoms with E-state index in [2.05, 4.69) is 20.3 Å². The van der Waals surface area contributed by atoms with E-state index >= 15 is 0 Å². The van der Waals surface area contributed by atoms with E-state index in [1.54, 1.807) is 0 Å². The first kappa shape index (κ1) is 10.2. The molecule has 1 aliphatic rings. The van der Waals surface area contributed by atoms with Crippen LogP contribution in [0.3, 0.4) is 0 Å². The molecule has 1 aliphatic heterocycles. The summed E-state index contributed by atoms with van der Waals surface area (Å²) >= 11 is 3.39. The lowest BCUT2D eigenvalue weighted by Gasteiger charge is -2.18. The molecule has 0 radical (unpaired) electrons. The second-order valence-electron chi connectivity index (χ2n) is 3.56. The lowest BCUT2D eigenvalue weighted by Crippen LogP contribution is -2.23. The molecule has 0 saturated carbocycles. The summed E-state index contributed by atoms with van der Waals surface area (Å²) in [7, 11) is -1.87. The topological polar surface area (TPSA) is 29.4 Å². The number of aryl methyl sites for hydroxylation is 1. The van der Waals surface area contributed by atoms with Gasteiger partial charge in [0.2, 0.25) is 0 Å². The molecule has 0 amide bonds. The molecule has 1 fully saturated rings. The number of hydrogen-bond acceptors (Lipinski definition) is 2. The van der Waals surface area contributed by atoms with Crippen LogP contribution in [0.5, 0.6) is 0 Å². The van der Waals surface area contributed by atoms with Crippen LogP contribution in [0.25, 0.3) is 0 Å². The third kappa shape index (κ3) is 2.01. The number of halogens is 1. The predicted molar refractivity (Wildman–Crippen MR) is 63.5 cm³/mol. The number of benzene rings is 1. The summed E-state index contributed by atoms with van der Waals surface area (Å²) in [6.07, 6.45) is 1.05. The smallest absolute Gasteiger partial charge is 0.0760 e. The number of rotatable bonds is 1. The quantitative estimate of drug-likeness (QED) is 0.772. The molecule has 2 rings (SSSR count). The highest BCUT2D eigenvalue weighted by atomic mass is 79.9. The Morgan fingerprint density at radius 3 is 2.64 bits per heavy atom. The van der Waals surface area contributed by atoms with Gasteiger partial charge in [-0.3, -0.25) is 0 Å². The monoisotopic (exact) mass is 273 g/mol. The van der Waals surface area contributed by atoms with E-state index in [9.17, 15) is 4.21 Å². The van der Waals surface area contributed by atoms with E-state index < -0.39 is 9.73 Å². The largest absolute Gasteiger partial charge is 0.249 e. The lowest BCUT2D eigenvalue weighted by atomic mass is 10.2. The van der Waals surface area contributed by atoms with Crippen LogP contribution in [0.2, 0.25) is 0 Å². The molecule has 1 aromatic carbocycles. The number of nitrogens with zero attached hydrogens (tertiary/aromatic N) is 1. The molecule has 1 saturated heterocycles. The van der Waals surface area contributed by atoms with E-state index in [4.69, 9.17) is 0 Å². The molecular weight excluding hydrogens is 262 g/mol. The third-order valence-electron chi connectivity index (χ3n) is 2.35. The van der Waals surface area contributed by atoms with Crippen LogP contribution in [0.4, 0.5) is 5.69 Å².